The molecule has 2 amide bonds. The molecule has 0 bridgehead atoms. The number of halogens is 3. The van der Waals surface area contributed by atoms with Crippen molar-refractivity contribution in [3.8, 4) is 11.3 Å². The zero-order chi connectivity index (χ0) is 18.6. The summed E-state index contributed by atoms with van der Waals surface area (Å²) in [6.07, 6.45) is 0.186. The Morgan fingerprint density at radius 1 is 1.00 bits per heavy atom. The number of nitrogens with one attached hydrogen (secondary N) is 2. The number of hydrogen-bond donors (Lipinski definition) is 2. The molecule has 0 aliphatic rings. The van der Waals surface area contributed by atoms with Crippen molar-refractivity contribution in [2.75, 3.05) is 10.6 Å². The van der Waals surface area contributed by atoms with Crippen molar-refractivity contribution in [1.29, 1.82) is 0 Å². The molecule has 0 radical (unpaired) electrons. The van der Waals surface area contributed by atoms with E-state index < -0.39 is 17.8 Å². The minimum Gasteiger partial charge on any atom is -0.308 e. The lowest BCUT2D eigenvalue weighted by atomic mass is 10.2. The van der Waals surface area contributed by atoms with Crippen LogP contribution in [0.3, 0.4) is 0 Å². The molecule has 0 saturated heterocycles. The molecular formula is C17H12F3N5O. The second-order valence-corrected chi connectivity index (χ2v) is 5.16. The molecule has 0 aliphatic heterocycles. The quantitative estimate of drug-likeness (QED) is 0.734. The molecule has 6 nitrogen and oxygen atoms in total. The zero-order valence-corrected chi connectivity index (χ0v) is 13.2. The van der Waals surface area contributed by atoms with Crippen molar-refractivity contribution in [2.24, 2.45) is 0 Å². The average molecular weight is 359 g/mol. The predicted molar refractivity (Wildman–Crippen MR) is 89.3 cm³/mol. The van der Waals surface area contributed by atoms with Gasteiger partial charge in [-0.05, 0) is 36.4 Å². The van der Waals surface area contributed by atoms with E-state index in [1.165, 1.54) is 18.3 Å². The van der Waals surface area contributed by atoms with Gasteiger partial charge in [-0.1, -0.05) is 6.07 Å². The lowest BCUT2D eigenvalue weighted by molar-refractivity contribution is -0.137. The lowest BCUT2D eigenvalue weighted by Crippen LogP contribution is -2.21. The van der Waals surface area contributed by atoms with Crippen molar-refractivity contribution in [2.45, 2.75) is 6.18 Å². The number of urea groups is 1. The summed E-state index contributed by atoms with van der Waals surface area (Å²) in [4.78, 5) is 24.1. The van der Waals surface area contributed by atoms with Crippen LogP contribution in [0.4, 0.5) is 29.6 Å². The molecule has 9 heteroatoms. The highest BCUT2D eigenvalue weighted by Crippen LogP contribution is 2.30. The van der Waals surface area contributed by atoms with Gasteiger partial charge >= 0.3 is 12.2 Å². The average Bonchev–Trinajstić information content (AvgIpc) is 2.62. The summed E-state index contributed by atoms with van der Waals surface area (Å²) in [6.45, 7) is 0. The van der Waals surface area contributed by atoms with Gasteiger partial charge in [0.05, 0.1) is 11.3 Å². The highest BCUT2D eigenvalue weighted by atomic mass is 19.4. The summed E-state index contributed by atoms with van der Waals surface area (Å²) in [7, 11) is 0. The Bertz CT molecular complexity index is 916. The summed E-state index contributed by atoms with van der Waals surface area (Å²) < 4.78 is 38.1. The van der Waals surface area contributed by atoms with Gasteiger partial charge in [0.2, 0.25) is 5.95 Å². The topological polar surface area (TPSA) is 79.8 Å². The van der Waals surface area contributed by atoms with Gasteiger partial charge in [0.15, 0.2) is 0 Å². The van der Waals surface area contributed by atoms with Crippen molar-refractivity contribution < 1.29 is 18.0 Å². The number of hydrogen-bond acceptors (Lipinski definition) is 4. The number of pyridine rings is 1. The molecule has 3 aromatic rings. The van der Waals surface area contributed by atoms with Crippen LogP contribution in [0, 0.1) is 0 Å². The van der Waals surface area contributed by atoms with Crippen molar-refractivity contribution >= 4 is 17.7 Å². The fourth-order valence-electron chi connectivity index (χ4n) is 2.13. The number of rotatable bonds is 3. The molecule has 2 heterocycles. The first-order valence-corrected chi connectivity index (χ1v) is 7.40. The highest BCUT2D eigenvalue weighted by Gasteiger charge is 2.30. The van der Waals surface area contributed by atoms with E-state index in [4.69, 9.17) is 0 Å². The van der Waals surface area contributed by atoms with Gasteiger partial charge in [0, 0.05) is 29.8 Å². The minimum atomic E-state index is -4.49. The molecule has 0 fully saturated rings. The first-order valence-electron chi connectivity index (χ1n) is 7.40. The number of carbonyl (C=O) groups excluding carboxylic acids is 1. The number of aromatic nitrogens is 3. The van der Waals surface area contributed by atoms with Crippen LogP contribution < -0.4 is 10.6 Å². The maximum absolute atomic E-state index is 12.7. The van der Waals surface area contributed by atoms with E-state index in [-0.39, 0.29) is 11.6 Å². The molecule has 0 atom stereocenters. The maximum Gasteiger partial charge on any atom is 0.416 e. The Hall–Kier alpha value is -3.49. The van der Waals surface area contributed by atoms with Crippen LogP contribution in [-0.4, -0.2) is 21.0 Å². The largest absolute Gasteiger partial charge is 0.416 e. The third-order valence-corrected chi connectivity index (χ3v) is 3.29. The SMILES string of the molecule is O=C(Nc1cccc(C(F)(F)F)c1)Nc1nccc(-c2cccnc2)n1. The number of carbonyl (C=O) groups is 1. The second-order valence-electron chi connectivity index (χ2n) is 5.16. The Morgan fingerprint density at radius 3 is 2.58 bits per heavy atom. The zero-order valence-electron chi connectivity index (χ0n) is 13.2. The predicted octanol–water partition coefficient (Wildman–Crippen LogP) is 4.20. The van der Waals surface area contributed by atoms with E-state index in [1.54, 1.807) is 30.6 Å². The number of amides is 2. The summed E-state index contributed by atoms with van der Waals surface area (Å²) >= 11 is 0. The van der Waals surface area contributed by atoms with E-state index in [2.05, 4.69) is 25.6 Å². The van der Waals surface area contributed by atoms with Gasteiger partial charge in [0.25, 0.3) is 0 Å². The van der Waals surface area contributed by atoms with E-state index >= 15 is 0 Å². The fraction of sp³-hybridized carbons (Fsp3) is 0.0588. The smallest absolute Gasteiger partial charge is 0.308 e. The van der Waals surface area contributed by atoms with Gasteiger partial charge in [-0.15, -0.1) is 0 Å². The Kier molecular flexibility index (Phi) is 4.78. The lowest BCUT2D eigenvalue weighted by Gasteiger charge is -2.10. The third kappa shape index (κ3) is 4.32. The van der Waals surface area contributed by atoms with Crippen molar-refractivity contribution in [1.82, 2.24) is 15.0 Å². The van der Waals surface area contributed by atoms with E-state index in [0.29, 0.717) is 5.69 Å². The summed E-state index contributed by atoms with van der Waals surface area (Å²) in [6, 6.07) is 8.74. The number of nitrogens with zero attached hydrogens (tertiary/aromatic N) is 3. The second kappa shape index (κ2) is 7.18. The molecule has 3 rings (SSSR count). The first-order chi connectivity index (χ1) is 12.4. The Labute approximate surface area is 146 Å². The minimum absolute atomic E-state index is 0.000684. The van der Waals surface area contributed by atoms with Gasteiger partial charge in [-0.25, -0.2) is 14.8 Å². The Morgan fingerprint density at radius 2 is 1.85 bits per heavy atom. The molecule has 1 aromatic carbocycles. The normalized spacial score (nSPS) is 11.0. The van der Waals surface area contributed by atoms with Gasteiger partial charge < -0.3 is 5.32 Å². The molecule has 0 spiro atoms. The highest BCUT2D eigenvalue weighted by molar-refractivity contribution is 5.98. The van der Waals surface area contributed by atoms with Crippen LogP contribution >= 0.6 is 0 Å². The number of anilines is 2. The molecular weight excluding hydrogens is 347 g/mol. The molecule has 26 heavy (non-hydrogen) atoms. The van der Waals surface area contributed by atoms with Crippen LogP contribution in [-0.2, 0) is 6.18 Å². The van der Waals surface area contributed by atoms with Gasteiger partial charge in [-0.2, -0.15) is 13.2 Å². The van der Waals surface area contributed by atoms with Gasteiger partial charge in [-0.3, -0.25) is 10.3 Å². The van der Waals surface area contributed by atoms with Crippen molar-refractivity contribution in [3.05, 3.63) is 66.6 Å². The molecule has 132 valence electrons. The molecule has 2 N–H and O–H groups in total. The van der Waals surface area contributed by atoms with E-state index in [9.17, 15) is 18.0 Å². The molecule has 2 aromatic heterocycles. The van der Waals surface area contributed by atoms with Crippen LogP contribution in [0.2, 0.25) is 0 Å². The molecule has 0 aliphatic carbocycles. The summed E-state index contributed by atoms with van der Waals surface area (Å²) in [5.41, 5.74) is 0.421. The summed E-state index contributed by atoms with van der Waals surface area (Å²) in [5.74, 6) is 0.0100. The first kappa shape index (κ1) is 17.3. The fourth-order valence-corrected chi connectivity index (χ4v) is 2.13. The third-order valence-electron chi connectivity index (χ3n) is 3.29. The standard InChI is InChI=1S/C17H12F3N5O/c18-17(19,20)12-4-1-5-13(9-12)23-16(26)25-15-22-8-6-14(24-15)11-3-2-7-21-10-11/h1-10H,(H2,22,23,24,25,26). The van der Waals surface area contributed by atoms with Crippen LogP contribution in [0.15, 0.2) is 61.1 Å². The van der Waals surface area contributed by atoms with Gasteiger partial charge in [0.1, 0.15) is 0 Å². The number of benzene rings is 1. The monoisotopic (exact) mass is 359 g/mol. The van der Waals surface area contributed by atoms with Crippen LogP contribution in [0.5, 0.6) is 0 Å². The van der Waals surface area contributed by atoms with E-state index in [1.807, 2.05) is 0 Å². The van der Waals surface area contributed by atoms with Crippen molar-refractivity contribution in [3.63, 3.8) is 0 Å². The Balaban J connectivity index is 1.71. The number of alkyl halides is 3. The van der Waals surface area contributed by atoms with E-state index in [0.717, 1.165) is 17.7 Å². The van der Waals surface area contributed by atoms with Crippen LogP contribution in [0.25, 0.3) is 11.3 Å². The summed E-state index contributed by atoms with van der Waals surface area (Å²) in [5, 5.41) is 4.70. The van der Waals surface area contributed by atoms with Crippen LogP contribution in [0.1, 0.15) is 5.56 Å². The molecule has 0 unspecified atom stereocenters. The molecule has 0 saturated carbocycles. The maximum atomic E-state index is 12.7.